The number of hydrogen-bond acceptors (Lipinski definition) is 4. The van der Waals surface area contributed by atoms with Crippen molar-refractivity contribution in [3.05, 3.63) is 0 Å². The predicted octanol–water partition coefficient (Wildman–Crippen LogP) is 1.62. The van der Waals surface area contributed by atoms with Gasteiger partial charge in [0.05, 0.1) is 0 Å². The Kier molecular flexibility index (Phi) is 6.68. The van der Waals surface area contributed by atoms with Gasteiger partial charge in [-0.15, -0.1) is 0 Å². The molecule has 0 aliphatic carbocycles. The molecule has 0 aromatic rings. The van der Waals surface area contributed by atoms with Gasteiger partial charge in [0.2, 0.25) is 0 Å². The van der Waals surface area contributed by atoms with E-state index in [2.05, 4.69) is 4.90 Å². The van der Waals surface area contributed by atoms with Gasteiger partial charge in [0.1, 0.15) is 11.8 Å². The van der Waals surface area contributed by atoms with Gasteiger partial charge in [-0.05, 0) is 40.2 Å². The Bertz CT molecular complexity index is 299. The molecule has 1 unspecified atom stereocenters. The molecule has 2 N–H and O–H groups in total. The van der Waals surface area contributed by atoms with Crippen LogP contribution in [-0.2, 0) is 4.74 Å². The van der Waals surface area contributed by atoms with E-state index >= 15 is 0 Å². The molecule has 1 aliphatic heterocycles. The second-order valence-corrected chi connectivity index (χ2v) is 6.27. The fraction of sp³-hybridized carbons (Fsp3) is 0.929. The Morgan fingerprint density at radius 3 is 2.35 bits per heavy atom. The highest BCUT2D eigenvalue weighted by atomic mass is 19.1. The third-order valence-electron chi connectivity index (χ3n) is 3.26. The number of alkyl halides is 1. The van der Waals surface area contributed by atoms with Gasteiger partial charge in [0.15, 0.2) is 0 Å². The molecule has 6 heteroatoms. The molecule has 1 saturated heterocycles. The molecule has 5 nitrogen and oxygen atoms in total. The molecule has 1 rings (SSSR count). The number of carbonyl (C=O) groups is 1. The van der Waals surface area contributed by atoms with Gasteiger partial charge in [0.25, 0.3) is 0 Å². The normalized spacial score (nSPS) is 18.9. The molecule has 1 amide bonds. The molecule has 0 aromatic carbocycles. The summed E-state index contributed by atoms with van der Waals surface area (Å²) in [7, 11) is 0. The standard InChI is InChI=1S/C14H28FN3O2/c1-14(2,3)20-13(19)18-10-8-17(9-11-18)7-5-12(15)4-6-16/h12H,4-11,16H2,1-3H3. The van der Waals surface area contributed by atoms with Crippen LogP contribution in [0, 0.1) is 0 Å². The number of rotatable bonds is 5. The van der Waals surface area contributed by atoms with E-state index in [1.807, 2.05) is 20.8 Å². The number of carbonyl (C=O) groups excluding carboxylic acids is 1. The number of nitrogens with zero attached hydrogens (tertiary/aromatic N) is 2. The first kappa shape index (κ1) is 17.2. The molecule has 1 aliphatic rings. The van der Waals surface area contributed by atoms with Crippen LogP contribution in [0.15, 0.2) is 0 Å². The molecule has 1 fully saturated rings. The van der Waals surface area contributed by atoms with Crippen molar-refractivity contribution in [2.75, 3.05) is 39.3 Å². The van der Waals surface area contributed by atoms with E-state index in [0.29, 0.717) is 32.5 Å². The maximum Gasteiger partial charge on any atom is 0.410 e. The molecule has 0 saturated carbocycles. The number of ether oxygens (including phenoxy) is 1. The maximum atomic E-state index is 13.4. The Hall–Kier alpha value is -0.880. The number of amides is 1. The van der Waals surface area contributed by atoms with E-state index in [1.165, 1.54) is 0 Å². The third-order valence-corrected chi connectivity index (χ3v) is 3.26. The van der Waals surface area contributed by atoms with E-state index in [4.69, 9.17) is 10.5 Å². The molecule has 1 heterocycles. The molecular weight excluding hydrogens is 261 g/mol. The number of nitrogens with two attached hydrogens (primary N) is 1. The van der Waals surface area contributed by atoms with Crippen molar-refractivity contribution in [3.8, 4) is 0 Å². The van der Waals surface area contributed by atoms with Crippen LogP contribution in [0.5, 0.6) is 0 Å². The van der Waals surface area contributed by atoms with Crippen molar-refractivity contribution < 1.29 is 13.9 Å². The number of halogens is 1. The second-order valence-electron chi connectivity index (χ2n) is 6.27. The smallest absolute Gasteiger partial charge is 0.410 e. The Morgan fingerprint density at radius 2 is 1.85 bits per heavy atom. The lowest BCUT2D eigenvalue weighted by Gasteiger charge is -2.35. The van der Waals surface area contributed by atoms with Gasteiger partial charge >= 0.3 is 6.09 Å². The Morgan fingerprint density at radius 1 is 1.25 bits per heavy atom. The zero-order chi connectivity index (χ0) is 15.2. The van der Waals surface area contributed by atoms with Crippen molar-refractivity contribution in [1.82, 2.24) is 9.80 Å². The van der Waals surface area contributed by atoms with Crippen LogP contribution < -0.4 is 5.73 Å². The molecule has 118 valence electrons. The lowest BCUT2D eigenvalue weighted by atomic mass is 10.2. The minimum atomic E-state index is -0.816. The summed E-state index contributed by atoms with van der Waals surface area (Å²) in [5, 5.41) is 0. The summed E-state index contributed by atoms with van der Waals surface area (Å²) >= 11 is 0. The van der Waals surface area contributed by atoms with Crippen molar-refractivity contribution in [1.29, 1.82) is 0 Å². The molecule has 0 spiro atoms. The van der Waals surface area contributed by atoms with E-state index in [9.17, 15) is 9.18 Å². The van der Waals surface area contributed by atoms with Gasteiger partial charge in [0, 0.05) is 32.7 Å². The van der Waals surface area contributed by atoms with E-state index in [-0.39, 0.29) is 6.09 Å². The van der Waals surface area contributed by atoms with Crippen LogP contribution in [0.3, 0.4) is 0 Å². The molecule has 0 aromatic heterocycles. The summed E-state index contributed by atoms with van der Waals surface area (Å²) in [5.41, 5.74) is 4.87. The molecule has 0 radical (unpaired) electrons. The van der Waals surface area contributed by atoms with Crippen LogP contribution in [-0.4, -0.2) is 66.9 Å². The van der Waals surface area contributed by atoms with Crippen molar-refractivity contribution in [3.63, 3.8) is 0 Å². The minimum absolute atomic E-state index is 0.261. The van der Waals surface area contributed by atoms with Crippen LogP contribution >= 0.6 is 0 Å². The zero-order valence-corrected chi connectivity index (χ0v) is 12.9. The number of hydrogen-bond donors (Lipinski definition) is 1. The summed E-state index contributed by atoms with van der Waals surface area (Å²) in [6.45, 7) is 9.53. The lowest BCUT2D eigenvalue weighted by molar-refractivity contribution is 0.0139. The summed E-state index contributed by atoms with van der Waals surface area (Å²) < 4.78 is 18.7. The summed E-state index contributed by atoms with van der Waals surface area (Å²) in [6, 6.07) is 0. The fourth-order valence-corrected chi connectivity index (χ4v) is 2.13. The van der Waals surface area contributed by atoms with Crippen LogP contribution in [0.1, 0.15) is 33.6 Å². The first-order valence-corrected chi connectivity index (χ1v) is 7.36. The number of piperazine rings is 1. The average Bonchev–Trinajstić information content (AvgIpc) is 2.35. The molecule has 1 atom stereocenters. The first-order valence-electron chi connectivity index (χ1n) is 7.36. The topological polar surface area (TPSA) is 58.8 Å². The lowest BCUT2D eigenvalue weighted by Crippen LogP contribution is -2.50. The summed E-state index contributed by atoms with van der Waals surface area (Å²) in [4.78, 5) is 15.8. The highest BCUT2D eigenvalue weighted by Gasteiger charge is 2.25. The van der Waals surface area contributed by atoms with Gasteiger partial charge in [-0.2, -0.15) is 0 Å². The van der Waals surface area contributed by atoms with Crippen LogP contribution in [0.2, 0.25) is 0 Å². The largest absolute Gasteiger partial charge is 0.444 e. The average molecular weight is 289 g/mol. The van der Waals surface area contributed by atoms with E-state index in [0.717, 1.165) is 19.6 Å². The van der Waals surface area contributed by atoms with Gasteiger partial charge in [-0.3, -0.25) is 4.90 Å². The Balaban J connectivity index is 2.24. The van der Waals surface area contributed by atoms with Crippen molar-refractivity contribution >= 4 is 6.09 Å². The van der Waals surface area contributed by atoms with Crippen molar-refractivity contribution in [2.45, 2.75) is 45.4 Å². The van der Waals surface area contributed by atoms with Crippen LogP contribution in [0.4, 0.5) is 9.18 Å². The summed E-state index contributed by atoms with van der Waals surface area (Å²) in [6.07, 6.45) is -0.130. The zero-order valence-electron chi connectivity index (χ0n) is 12.9. The maximum absolute atomic E-state index is 13.4. The van der Waals surface area contributed by atoms with Crippen molar-refractivity contribution in [2.24, 2.45) is 5.73 Å². The molecular formula is C14H28FN3O2. The van der Waals surface area contributed by atoms with Gasteiger partial charge in [-0.25, -0.2) is 9.18 Å². The minimum Gasteiger partial charge on any atom is -0.444 e. The predicted molar refractivity (Wildman–Crippen MR) is 77.4 cm³/mol. The second kappa shape index (κ2) is 7.78. The van der Waals surface area contributed by atoms with E-state index in [1.54, 1.807) is 4.90 Å². The third kappa shape index (κ3) is 6.52. The molecule has 0 bridgehead atoms. The highest BCUT2D eigenvalue weighted by molar-refractivity contribution is 5.68. The SMILES string of the molecule is CC(C)(C)OC(=O)N1CCN(CCC(F)CCN)CC1. The van der Waals surface area contributed by atoms with E-state index < -0.39 is 11.8 Å². The van der Waals surface area contributed by atoms with Crippen LogP contribution in [0.25, 0.3) is 0 Å². The van der Waals surface area contributed by atoms with Gasteiger partial charge < -0.3 is 15.4 Å². The monoisotopic (exact) mass is 289 g/mol. The quantitative estimate of drug-likeness (QED) is 0.835. The summed E-state index contributed by atoms with van der Waals surface area (Å²) in [5.74, 6) is 0. The van der Waals surface area contributed by atoms with Gasteiger partial charge in [-0.1, -0.05) is 0 Å². The molecule has 20 heavy (non-hydrogen) atoms. The fourth-order valence-electron chi connectivity index (χ4n) is 2.13. The first-order chi connectivity index (χ1) is 9.31. The Labute approximate surface area is 121 Å². The highest BCUT2D eigenvalue weighted by Crippen LogP contribution is 2.12.